The van der Waals surface area contributed by atoms with Gasteiger partial charge in [0.1, 0.15) is 6.04 Å². The van der Waals surface area contributed by atoms with E-state index in [2.05, 4.69) is 28.2 Å². The van der Waals surface area contributed by atoms with Gasteiger partial charge in [0.2, 0.25) is 0 Å². The first-order chi connectivity index (χ1) is 11.0. The average molecular weight is 397 g/mol. The van der Waals surface area contributed by atoms with Crippen molar-refractivity contribution in [1.29, 1.82) is 0 Å². The van der Waals surface area contributed by atoms with Gasteiger partial charge in [-0.2, -0.15) is 0 Å². The van der Waals surface area contributed by atoms with Gasteiger partial charge in [-0.3, -0.25) is 4.79 Å². The smallest absolute Gasteiger partial charge is 0.275 e. The number of amides is 1. The Morgan fingerprint density at radius 2 is 1.87 bits per heavy atom. The molecular formula is C18H21BrClN2O+. The van der Waals surface area contributed by atoms with E-state index < -0.39 is 0 Å². The molecule has 0 spiro atoms. The maximum atomic E-state index is 12.1. The molecule has 0 aliphatic carbocycles. The van der Waals surface area contributed by atoms with Crippen molar-refractivity contribution in [2.45, 2.75) is 25.9 Å². The average Bonchev–Trinajstić information content (AvgIpc) is 2.53. The number of halogens is 2. The summed E-state index contributed by atoms with van der Waals surface area (Å²) in [7, 11) is 0. The van der Waals surface area contributed by atoms with Gasteiger partial charge in [0.15, 0.2) is 6.54 Å². The number of rotatable bonds is 6. The molecule has 3 N–H and O–H groups in total. The lowest BCUT2D eigenvalue weighted by atomic mass is 10.1. The molecule has 0 radical (unpaired) electrons. The van der Waals surface area contributed by atoms with Crippen LogP contribution in [0, 0.1) is 0 Å². The first-order valence-corrected chi connectivity index (χ1v) is 8.76. The van der Waals surface area contributed by atoms with Gasteiger partial charge in [-0.25, -0.2) is 0 Å². The van der Waals surface area contributed by atoms with Gasteiger partial charge >= 0.3 is 0 Å². The van der Waals surface area contributed by atoms with Crippen LogP contribution in [-0.2, 0) is 4.79 Å². The molecule has 23 heavy (non-hydrogen) atoms. The lowest BCUT2D eigenvalue weighted by molar-refractivity contribution is -0.682. The molecule has 2 aromatic rings. The number of hydrogen-bond donors (Lipinski definition) is 2. The first-order valence-electron chi connectivity index (χ1n) is 7.59. The molecule has 2 atom stereocenters. The lowest BCUT2D eigenvalue weighted by Gasteiger charge is -2.15. The van der Waals surface area contributed by atoms with Gasteiger partial charge in [-0.15, -0.1) is 0 Å². The van der Waals surface area contributed by atoms with Crippen LogP contribution in [0.2, 0.25) is 5.02 Å². The number of benzene rings is 2. The Bertz CT molecular complexity index is 660. The number of nitrogens with two attached hydrogens (primary N) is 1. The van der Waals surface area contributed by atoms with E-state index in [1.54, 1.807) is 0 Å². The molecular weight excluding hydrogens is 376 g/mol. The quantitative estimate of drug-likeness (QED) is 0.770. The summed E-state index contributed by atoms with van der Waals surface area (Å²) in [6.45, 7) is 4.44. The van der Waals surface area contributed by atoms with Crippen LogP contribution in [0.3, 0.4) is 0 Å². The summed E-state index contributed by atoms with van der Waals surface area (Å²) < 4.78 is 1.03. The van der Waals surface area contributed by atoms with Gasteiger partial charge in [0.05, 0.1) is 6.04 Å². The van der Waals surface area contributed by atoms with Crippen LogP contribution in [0.25, 0.3) is 0 Å². The third-order valence-corrected chi connectivity index (χ3v) is 4.54. The van der Waals surface area contributed by atoms with Crippen LogP contribution >= 0.6 is 27.5 Å². The minimum Gasteiger partial charge on any atom is -0.345 e. The third kappa shape index (κ3) is 5.65. The van der Waals surface area contributed by atoms with E-state index in [-0.39, 0.29) is 18.0 Å². The highest BCUT2D eigenvalue weighted by molar-refractivity contribution is 9.10. The van der Waals surface area contributed by atoms with Crippen molar-refractivity contribution in [3.63, 3.8) is 0 Å². The normalized spacial score (nSPS) is 13.4. The highest BCUT2D eigenvalue weighted by Gasteiger charge is 2.14. The van der Waals surface area contributed by atoms with Crippen molar-refractivity contribution in [3.8, 4) is 0 Å². The molecule has 0 bridgehead atoms. The second-order valence-electron chi connectivity index (χ2n) is 5.62. The summed E-state index contributed by atoms with van der Waals surface area (Å²) in [5.74, 6) is 0.0225. The standard InChI is InChI=1S/C18H20BrClN2O/c1-12(15-4-3-5-17(20)10-15)21-11-18(23)22-13(2)14-6-8-16(19)9-7-14/h3-10,12-13,21H,11H2,1-2H3,(H,22,23)/p+1/t12-,13+/m0/s1. The second-order valence-corrected chi connectivity index (χ2v) is 6.98. The van der Waals surface area contributed by atoms with Crippen LogP contribution in [0.1, 0.15) is 37.1 Å². The predicted molar refractivity (Wildman–Crippen MR) is 97.4 cm³/mol. The summed E-state index contributed by atoms with van der Waals surface area (Å²) in [5.41, 5.74) is 2.20. The number of quaternary nitrogens is 1. The summed E-state index contributed by atoms with van der Waals surface area (Å²) in [5, 5.41) is 5.75. The maximum Gasteiger partial charge on any atom is 0.275 e. The van der Waals surface area contributed by atoms with E-state index in [9.17, 15) is 4.79 Å². The molecule has 0 unspecified atom stereocenters. The lowest BCUT2D eigenvalue weighted by Crippen LogP contribution is -2.87. The minimum absolute atomic E-state index is 0.00882. The molecule has 3 nitrogen and oxygen atoms in total. The molecule has 0 fully saturated rings. The summed E-state index contributed by atoms with van der Waals surface area (Å²) >= 11 is 9.41. The fourth-order valence-electron chi connectivity index (χ4n) is 2.34. The fraction of sp³-hybridized carbons (Fsp3) is 0.278. The van der Waals surface area contributed by atoms with Crippen LogP contribution in [0.5, 0.6) is 0 Å². The number of carbonyl (C=O) groups is 1. The number of nitrogens with one attached hydrogen (secondary N) is 1. The summed E-state index contributed by atoms with van der Waals surface area (Å²) in [4.78, 5) is 12.1. The highest BCUT2D eigenvalue weighted by atomic mass is 79.9. The van der Waals surface area contributed by atoms with Crippen molar-refractivity contribution in [3.05, 3.63) is 69.2 Å². The van der Waals surface area contributed by atoms with Gasteiger partial charge < -0.3 is 10.6 Å². The van der Waals surface area contributed by atoms with Crippen LogP contribution in [-0.4, -0.2) is 12.5 Å². The van der Waals surface area contributed by atoms with E-state index in [1.807, 2.05) is 60.8 Å². The predicted octanol–water partition coefficient (Wildman–Crippen LogP) is 3.60. The molecule has 0 aliphatic rings. The summed E-state index contributed by atoms with van der Waals surface area (Å²) in [6, 6.07) is 15.9. The molecule has 5 heteroatoms. The monoisotopic (exact) mass is 395 g/mol. The third-order valence-electron chi connectivity index (χ3n) is 3.78. The maximum absolute atomic E-state index is 12.1. The molecule has 1 amide bonds. The van der Waals surface area contributed by atoms with E-state index in [1.165, 1.54) is 0 Å². The van der Waals surface area contributed by atoms with E-state index in [0.29, 0.717) is 6.54 Å². The van der Waals surface area contributed by atoms with Crippen LogP contribution in [0.15, 0.2) is 53.0 Å². The first kappa shape index (κ1) is 18.0. The fourth-order valence-corrected chi connectivity index (χ4v) is 2.81. The summed E-state index contributed by atoms with van der Waals surface area (Å²) in [6.07, 6.45) is 0. The van der Waals surface area contributed by atoms with Crippen molar-refractivity contribution in [2.24, 2.45) is 0 Å². The number of carbonyl (C=O) groups excluding carboxylic acids is 1. The van der Waals surface area contributed by atoms with Gasteiger partial charge in [0, 0.05) is 15.1 Å². The molecule has 0 saturated heterocycles. The molecule has 122 valence electrons. The minimum atomic E-state index is -0.00882. The second kappa shape index (κ2) is 8.48. The topological polar surface area (TPSA) is 45.7 Å². The zero-order chi connectivity index (χ0) is 16.8. The van der Waals surface area contributed by atoms with Gasteiger partial charge in [-0.1, -0.05) is 51.8 Å². The Hall–Kier alpha value is -1.36. The largest absolute Gasteiger partial charge is 0.345 e. The van der Waals surface area contributed by atoms with E-state index in [0.717, 1.165) is 20.6 Å². The van der Waals surface area contributed by atoms with Crippen molar-refractivity contribution < 1.29 is 10.1 Å². The Kier molecular flexibility index (Phi) is 6.63. The zero-order valence-corrected chi connectivity index (χ0v) is 15.6. The molecule has 2 rings (SSSR count). The Labute approximate surface area is 150 Å². The van der Waals surface area contributed by atoms with Crippen molar-refractivity contribution in [2.75, 3.05) is 6.54 Å². The SMILES string of the molecule is C[C@H]([NH2+]CC(=O)N[C@H](C)c1ccc(Br)cc1)c1cccc(Cl)c1. The van der Waals surface area contributed by atoms with Crippen molar-refractivity contribution in [1.82, 2.24) is 5.32 Å². The molecule has 0 saturated carbocycles. The molecule has 0 aromatic heterocycles. The molecule has 0 aliphatic heterocycles. The molecule has 0 heterocycles. The van der Waals surface area contributed by atoms with Crippen LogP contribution < -0.4 is 10.6 Å². The van der Waals surface area contributed by atoms with E-state index in [4.69, 9.17) is 11.6 Å². The zero-order valence-electron chi connectivity index (χ0n) is 13.2. The Balaban J connectivity index is 1.83. The van der Waals surface area contributed by atoms with Crippen LogP contribution in [0.4, 0.5) is 0 Å². The number of hydrogen-bond acceptors (Lipinski definition) is 1. The molecule has 2 aromatic carbocycles. The highest BCUT2D eigenvalue weighted by Crippen LogP contribution is 2.16. The Morgan fingerprint density at radius 3 is 2.52 bits per heavy atom. The Morgan fingerprint density at radius 1 is 1.17 bits per heavy atom. The van der Waals surface area contributed by atoms with Gasteiger partial charge in [-0.05, 0) is 43.7 Å². The van der Waals surface area contributed by atoms with E-state index >= 15 is 0 Å². The van der Waals surface area contributed by atoms with Crippen molar-refractivity contribution >= 4 is 33.4 Å². The van der Waals surface area contributed by atoms with Gasteiger partial charge in [0.25, 0.3) is 5.91 Å².